The normalized spacial score (nSPS) is 11.3. The highest BCUT2D eigenvalue weighted by molar-refractivity contribution is 5.78. The molecule has 0 fully saturated rings. The largest absolute Gasteiger partial charge is 0.416 e. The first-order valence-corrected chi connectivity index (χ1v) is 6.80. The van der Waals surface area contributed by atoms with Crippen LogP contribution in [0.3, 0.4) is 0 Å². The SMILES string of the molecule is CN(Cc1ccccc1)C(=O)Cc1ccc(C(F)(F)F)cc1. The maximum Gasteiger partial charge on any atom is 0.416 e. The van der Waals surface area contributed by atoms with Crippen LogP contribution in [0, 0.1) is 0 Å². The lowest BCUT2D eigenvalue weighted by Gasteiger charge is -2.17. The standard InChI is InChI=1S/C17H16F3NO/c1-21(12-14-5-3-2-4-6-14)16(22)11-13-7-9-15(10-8-13)17(18,19)20/h2-10H,11-12H2,1H3. The van der Waals surface area contributed by atoms with Gasteiger partial charge in [-0.3, -0.25) is 4.79 Å². The fourth-order valence-electron chi connectivity index (χ4n) is 2.07. The molecule has 116 valence electrons. The lowest BCUT2D eigenvalue weighted by molar-refractivity contribution is -0.137. The highest BCUT2D eigenvalue weighted by atomic mass is 19.4. The Bertz CT molecular complexity index is 621. The molecule has 0 unspecified atom stereocenters. The van der Waals surface area contributed by atoms with Crippen molar-refractivity contribution in [1.29, 1.82) is 0 Å². The Kier molecular flexibility index (Phi) is 4.85. The number of amides is 1. The van der Waals surface area contributed by atoms with Crippen molar-refractivity contribution >= 4 is 5.91 Å². The minimum Gasteiger partial charge on any atom is -0.341 e. The summed E-state index contributed by atoms with van der Waals surface area (Å²) in [6, 6.07) is 14.2. The molecule has 1 amide bonds. The van der Waals surface area contributed by atoms with Crippen LogP contribution in [0.2, 0.25) is 0 Å². The Balaban J connectivity index is 1.96. The first-order valence-electron chi connectivity index (χ1n) is 6.80. The molecule has 22 heavy (non-hydrogen) atoms. The Morgan fingerprint density at radius 3 is 2.09 bits per heavy atom. The molecular weight excluding hydrogens is 291 g/mol. The van der Waals surface area contributed by atoms with Crippen molar-refractivity contribution in [2.45, 2.75) is 19.1 Å². The van der Waals surface area contributed by atoms with E-state index in [2.05, 4.69) is 0 Å². The molecule has 0 aliphatic rings. The van der Waals surface area contributed by atoms with Crippen LogP contribution in [0.15, 0.2) is 54.6 Å². The van der Waals surface area contributed by atoms with Crippen molar-refractivity contribution < 1.29 is 18.0 Å². The van der Waals surface area contributed by atoms with Gasteiger partial charge in [0.15, 0.2) is 0 Å². The number of alkyl halides is 3. The summed E-state index contributed by atoms with van der Waals surface area (Å²) < 4.78 is 37.4. The van der Waals surface area contributed by atoms with Crippen molar-refractivity contribution in [3.8, 4) is 0 Å². The van der Waals surface area contributed by atoms with E-state index in [1.54, 1.807) is 11.9 Å². The predicted octanol–water partition coefficient (Wildman–Crippen LogP) is 3.91. The second-order valence-electron chi connectivity index (χ2n) is 5.11. The van der Waals surface area contributed by atoms with Crippen LogP contribution in [0.1, 0.15) is 16.7 Å². The molecule has 0 N–H and O–H groups in total. The summed E-state index contributed by atoms with van der Waals surface area (Å²) in [5, 5.41) is 0. The molecule has 0 saturated carbocycles. The van der Waals surface area contributed by atoms with Gasteiger partial charge in [-0.1, -0.05) is 42.5 Å². The molecule has 2 rings (SSSR count). The maximum absolute atomic E-state index is 12.5. The van der Waals surface area contributed by atoms with Gasteiger partial charge < -0.3 is 4.90 Å². The van der Waals surface area contributed by atoms with Gasteiger partial charge in [-0.2, -0.15) is 13.2 Å². The third kappa shape index (κ3) is 4.35. The molecule has 0 aromatic heterocycles. The number of nitrogens with zero attached hydrogens (tertiary/aromatic N) is 1. The van der Waals surface area contributed by atoms with E-state index in [1.807, 2.05) is 30.3 Å². The zero-order valence-electron chi connectivity index (χ0n) is 12.1. The number of benzene rings is 2. The molecule has 2 aromatic rings. The zero-order valence-corrected chi connectivity index (χ0v) is 12.1. The Labute approximate surface area is 127 Å². The zero-order chi connectivity index (χ0) is 16.2. The summed E-state index contributed by atoms with van der Waals surface area (Å²) in [6.07, 6.45) is -4.27. The average Bonchev–Trinajstić information content (AvgIpc) is 2.48. The molecule has 2 aromatic carbocycles. The van der Waals surface area contributed by atoms with Gasteiger partial charge in [0.1, 0.15) is 0 Å². The van der Waals surface area contributed by atoms with Crippen molar-refractivity contribution in [3.05, 3.63) is 71.3 Å². The fraction of sp³-hybridized carbons (Fsp3) is 0.235. The molecule has 0 bridgehead atoms. The van der Waals surface area contributed by atoms with Crippen LogP contribution >= 0.6 is 0 Å². The van der Waals surface area contributed by atoms with E-state index in [1.165, 1.54) is 12.1 Å². The molecular formula is C17H16F3NO. The van der Waals surface area contributed by atoms with Gasteiger partial charge in [0, 0.05) is 13.6 Å². The summed E-state index contributed by atoms with van der Waals surface area (Å²) in [7, 11) is 1.68. The van der Waals surface area contributed by atoms with Gasteiger partial charge in [-0.25, -0.2) is 0 Å². The summed E-state index contributed by atoms with van der Waals surface area (Å²) in [4.78, 5) is 13.7. The van der Waals surface area contributed by atoms with E-state index >= 15 is 0 Å². The van der Waals surface area contributed by atoms with Crippen LogP contribution in [0.5, 0.6) is 0 Å². The van der Waals surface area contributed by atoms with E-state index in [0.29, 0.717) is 12.1 Å². The van der Waals surface area contributed by atoms with Crippen LogP contribution in [-0.4, -0.2) is 17.9 Å². The van der Waals surface area contributed by atoms with Crippen molar-refractivity contribution in [1.82, 2.24) is 4.90 Å². The maximum atomic E-state index is 12.5. The number of carbonyl (C=O) groups is 1. The van der Waals surface area contributed by atoms with Crippen LogP contribution < -0.4 is 0 Å². The predicted molar refractivity (Wildman–Crippen MR) is 78.1 cm³/mol. The first-order chi connectivity index (χ1) is 10.4. The quantitative estimate of drug-likeness (QED) is 0.839. The second-order valence-corrected chi connectivity index (χ2v) is 5.11. The van der Waals surface area contributed by atoms with Crippen LogP contribution in [0.4, 0.5) is 13.2 Å². The van der Waals surface area contributed by atoms with Crippen molar-refractivity contribution in [2.24, 2.45) is 0 Å². The molecule has 0 radical (unpaired) electrons. The van der Waals surface area contributed by atoms with Gasteiger partial charge in [0.25, 0.3) is 0 Å². The topological polar surface area (TPSA) is 20.3 Å². The Morgan fingerprint density at radius 2 is 1.55 bits per heavy atom. The van der Waals surface area contributed by atoms with Crippen LogP contribution in [0.25, 0.3) is 0 Å². The minimum atomic E-state index is -4.35. The van der Waals surface area contributed by atoms with Gasteiger partial charge in [-0.15, -0.1) is 0 Å². The van der Waals surface area contributed by atoms with Crippen LogP contribution in [-0.2, 0) is 23.9 Å². The highest BCUT2D eigenvalue weighted by Gasteiger charge is 2.30. The molecule has 0 heterocycles. The monoisotopic (exact) mass is 307 g/mol. The van der Waals surface area contributed by atoms with E-state index < -0.39 is 11.7 Å². The van der Waals surface area contributed by atoms with Gasteiger partial charge in [0.2, 0.25) is 5.91 Å². The molecule has 2 nitrogen and oxygen atoms in total. The number of hydrogen-bond donors (Lipinski definition) is 0. The lowest BCUT2D eigenvalue weighted by atomic mass is 10.1. The molecule has 0 aliphatic heterocycles. The van der Waals surface area contributed by atoms with Gasteiger partial charge >= 0.3 is 6.18 Å². The summed E-state index contributed by atoms with van der Waals surface area (Å²) in [5.41, 5.74) is 0.866. The highest BCUT2D eigenvalue weighted by Crippen LogP contribution is 2.29. The van der Waals surface area contributed by atoms with Gasteiger partial charge in [-0.05, 0) is 23.3 Å². The van der Waals surface area contributed by atoms with Crippen molar-refractivity contribution in [2.75, 3.05) is 7.05 Å². The summed E-state index contributed by atoms with van der Waals surface area (Å²) in [5.74, 6) is -0.136. The number of halogens is 3. The summed E-state index contributed by atoms with van der Waals surface area (Å²) >= 11 is 0. The van der Waals surface area contributed by atoms with Gasteiger partial charge in [0.05, 0.1) is 12.0 Å². The smallest absolute Gasteiger partial charge is 0.341 e. The fourth-order valence-corrected chi connectivity index (χ4v) is 2.07. The third-order valence-electron chi connectivity index (χ3n) is 3.32. The van der Waals surface area contributed by atoms with E-state index in [0.717, 1.165) is 17.7 Å². The van der Waals surface area contributed by atoms with E-state index in [9.17, 15) is 18.0 Å². The number of hydrogen-bond acceptors (Lipinski definition) is 1. The molecule has 5 heteroatoms. The number of likely N-dealkylation sites (N-methyl/N-ethyl adjacent to an activating group) is 1. The van der Waals surface area contributed by atoms with E-state index in [4.69, 9.17) is 0 Å². The lowest BCUT2D eigenvalue weighted by Crippen LogP contribution is -2.27. The molecule has 0 saturated heterocycles. The Morgan fingerprint density at radius 1 is 0.955 bits per heavy atom. The molecule has 0 atom stereocenters. The number of rotatable bonds is 4. The average molecular weight is 307 g/mol. The Hall–Kier alpha value is -2.30. The third-order valence-corrected chi connectivity index (χ3v) is 3.32. The summed E-state index contributed by atoms with van der Waals surface area (Å²) in [6.45, 7) is 0.473. The molecule has 0 aliphatic carbocycles. The van der Waals surface area contributed by atoms with E-state index in [-0.39, 0.29) is 12.3 Å². The molecule has 0 spiro atoms. The minimum absolute atomic E-state index is 0.0848. The second kappa shape index (κ2) is 6.64. The van der Waals surface area contributed by atoms with Crippen molar-refractivity contribution in [3.63, 3.8) is 0 Å². The first kappa shape index (κ1) is 16.1. The number of carbonyl (C=O) groups excluding carboxylic acids is 1.